The van der Waals surface area contributed by atoms with Crippen molar-refractivity contribution in [2.24, 2.45) is 5.73 Å². The van der Waals surface area contributed by atoms with Crippen LogP contribution in [-0.2, 0) is 0 Å². The first-order valence-electron chi connectivity index (χ1n) is 5.82. The summed E-state index contributed by atoms with van der Waals surface area (Å²) in [6.45, 7) is 4.11. The largest absolute Gasteiger partial charge is 0.376 e. The van der Waals surface area contributed by atoms with Crippen LogP contribution in [0.25, 0.3) is 0 Å². The lowest BCUT2D eigenvalue weighted by Gasteiger charge is -2.26. The minimum absolute atomic E-state index is 0.360. The Morgan fingerprint density at radius 3 is 1.61 bits per heavy atom. The highest BCUT2D eigenvalue weighted by Crippen LogP contribution is 2.30. The van der Waals surface area contributed by atoms with Crippen molar-refractivity contribution < 1.29 is 0 Å². The van der Waals surface area contributed by atoms with Gasteiger partial charge in [0.25, 0.3) is 0 Å². The molecule has 2 aromatic carbocycles. The van der Waals surface area contributed by atoms with Gasteiger partial charge >= 0.3 is 0 Å². The number of hydrogen-bond acceptors (Lipinski definition) is 1. The molecule has 92 valence electrons. The highest BCUT2D eigenvalue weighted by molar-refractivity contribution is 7.80. The van der Waals surface area contributed by atoms with Gasteiger partial charge in [-0.05, 0) is 49.3 Å². The van der Waals surface area contributed by atoms with Crippen LogP contribution >= 0.6 is 12.2 Å². The maximum Gasteiger partial charge on any atom is 0.175 e. The van der Waals surface area contributed by atoms with Gasteiger partial charge in [-0.3, -0.25) is 4.90 Å². The number of aryl methyl sites for hydroxylation is 2. The zero-order chi connectivity index (χ0) is 13.1. The predicted molar refractivity (Wildman–Crippen MR) is 81.3 cm³/mol. The van der Waals surface area contributed by atoms with E-state index in [1.807, 2.05) is 41.3 Å². The number of nitrogens with two attached hydrogens (primary N) is 1. The van der Waals surface area contributed by atoms with Crippen molar-refractivity contribution in [1.29, 1.82) is 0 Å². The second kappa shape index (κ2) is 5.19. The Kier molecular flexibility index (Phi) is 3.63. The molecule has 18 heavy (non-hydrogen) atoms. The first-order valence-corrected chi connectivity index (χ1v) is 6.23. The van der Waals surface area contributed by atoms with Gasteiger partial charge in [0.1, 0.15) is 0 Å². The summed E-state index contributed by atoms with van der Waals surface area (Å²) in [6.07, 6.45) is 0. The molecule has 0 saturated carbocycles. The minimum atomic E-state index is 0.360. The van der Waals surface area contributed by atoms with E-state index in [0.29, 0.717) is 5.11 Å². The molecule has 0 heterocycles. The molecule has 0 atom stereocenters. The van der Waals surface area contributed by atoms with E-state index in [4.69, 9.17) is 18.0 Å². The number of nitrogens with zero attached hydrogens (tertiary/aromatic N) is 1. The fourth-order valence-electron chi connectivity index (χ4n) is 2.00. The average Bonchev–Trinajstić information content (AvgIpc) is 2.34. The summed E-state index contributed by atoms with van der Waals surface area (Å²) < 4.78 is 0. The number of thiocarbonyl (C=S) groups is 1. The lowest BCUT2D eigenvalue weighted by Crippen LogP contribution is -2.32. The van der Waals surface area contributed by atoms with Crippen molar-refractivity contribution in [3.8, 4) is 0 Å². The molecule has 0 spiro atoms. The van der Waals surface area contributed by atoms with Gasteiger partial charge in [0.2, 0.25) is 0 Å². The maximum absolute atomic E-state index is 5.90. The first-order chi connectivity index (χ1) is 8.61. The van der Waals surface area contributed by atoms with Gasteiger partial charge in [0, 0.05) is 0 Å². The average molecular weight is 256 g/mol. The molecule has 2 aromatic rings. The Morgan fingerprint density at radius 2 is 1.28 bits per heavy atom. The van der Waals surface area contributed by atoms with Crippen molar-refractivity contribution in [2.45, 2.75) is 13.8 Å². The summed E-state index contributed by atoms with van der Waals surface area (Å²) in [4.78, 5) is 1.92. The zero-order valence-electron chi connectivity index (χ0n) is 10.6. The van der Waals surface area contributed by atoms with Crippen LogP contribution in [0.4, 0.5) is 11.4 Å². The van der Waals surface area contributed by atoms with Gasteiger partial charge in [-0.25, -0.2) is 0 Å². The highest BCUT2D eigenvalue weighted by Gasteiger charge is 2.15. The van der Waals surface area contributed by atoms with Crippen LogP contribution in [0.3, 0.4) is 0 Å². The SMILES string of the molecule is Cc1ccccc1N(C(N)=S)c1ccccc1C. The van der Waals surface area contributed by atoms with Crippen LogP contribution in [-0.4, -0.2) is 5.11 Å². The van der Waals surface area contributed by atoms with E-state index < -0.39 is 0 Å². The molecule has 0 unspecified atom stereocenters. The van der Waals surface area contributed by atoms with Gasteiger partial charge in [-0.1, -0.05) is 36.4 Å². The summed E-state index contributed by atoms with van der Waals surface area (Å²) in [6, 6.07) is 16.2. The molecule has 2 rings (SSSR count). The normalized spacial score (nSPS) is 10.1. The number of rotatable bonds is 2. The highest BCUT2D eigenvalue weighted by atomic mass is 32.1. The molecule has 0 aliphatic carbocycles. The first kappa shape index (κ1) is 12.6. The summed E-state index contributed by atoms with van der Waals surface area (Å²) >= 11 is 5.20. The van der Waals surface area contributed by atoms with E-state index in [0.717, 1.165) is 22.5 Å². The molecular weight excluding hydrogens is 240 g/mol. The third-order valence-electron chi connectivity index (χ3n) is 2.93. The summed E-state index contributed by atoms with van der Waals surface area (Å²) in [5.41, 5.74) is 10.2. The van der Waals surface area contributed by atoms with Gasteiger partial charge in [0.15, 0.2) is 5.11 Å². The van der Waals surface area contributed by atoms with Crippen molar-refractivity contribution in [1.82, 2.24) is 0 Å². The van der Waals surface area contributed by atoms with Crippen LogP contribution in [0.1, 0.15) is 11.1 Å². The van der Waals surface area contributed by atoms with Crippen LogP contribution in [0.15, 0.2) is 48.5 Å². The monoisotopic (exact) mass is 256 g/mol. The van der Waals surface area contributed by atoms with Crippen molar-refractivity contribution >= 4 is 28.7 Å². The van der Waals surface area contributed by atoms with Crippen molar-refractivity contribution in [2.75, 3.05) is 4.90 Å². The molecule has 0 aliphatic heterocycles. The molecular formula is C15H16N2S. The maximum atomic E-state index is 5.90. The molecule has 3 heteroatoms. The number of hydrogen-bond donors (Lipinski definition) is 1. The Balaban J connectivity index is 2.58. The predicted octanol–water partition coefficient (Wildman–Crippen LogP) is 3.69. The van der Waals surface area contributed by atoms with E-state index in [1.54, 1.807) is 0 Å². The number of para-hydroxylation sites is 2. The summed E-state index contributed by atoms with van der Waals surface area (Å²) in [5, 5.41) is 0.360. The van der Waals surface area contributed by atoms with Crippen molar-refractivity contribution in [3.05, 3.63) is 59.7 Å². The fraction of sp³-hybridized carbons (Fsp3) is 0.133. The quantitative estimate of drug-likeness (QED) is 0.831. The number of anilines is 2. The van der Waals surface area contributed by atoms with Crippen LogP contribution in [0.2, 0.25) is 0 Å². The summed E-state index contributed by atoms with van der Waals surface area (Å²) in [5.74, 6) is 0. The van der Waals surface area contributed by atoms with E-state index in [-0.39, 0.29) is 0 Å². The topological polar surface area (TPSA) is 29.3 Å². The lowest BCUT2D eigenvalue weighted by atomic mass is 10.1. The van der Waals surface area contributed by atoms with E-state index >= 15 is 0 Å². The zero-order valence-corrected chi connectivity index (χ0v) is 11.4. The molecule has 0 amide bonds. The molecule has 0 radical (unpaired) electrons. The Morgan fingerprint density at radius 1 is 0.889 bits per heavy atom. The van der Waals surface area contributed by atoms with E-state index in [1.165, 1.54) is 0 Å². The van der Waals surface area contributed by atoms with Crippen molar-refractivity contribution in [3.63, 3.8) is 0 Å². The smallest absolute Gasteiger partial charge is 0.175 e. The number of benzene rings is 2. The molecule has 0 aliphatic rings. The second-order valence-electron chi connectivity index (χ2n) is 4.25. The second-order valence-corrected chi connectivity index (χ2v) is 4.66. The third-order valence-corrected chi connectivity index (χ3v) is 3.12. The van der Waals surface area contributed by atoms with E-state index in [9.17, 15) is 0 Å². The Bertz CT molecular complexity index is 533. The Hall–Kier alpha value is -1.87. The van der Waals surface area contributed by atoms with Crippen LogP contribution in [0.5, 0.6) is 0 Å². The lowest BCUT2D eigenvalue weighted by molar-refractivity contribution is 1.27. The molecule has 0 aromatic heterocycles. The standard InChI is InChI=1S/C15H16N2S/c1-11-7-3-5-9-13(11)17(15(16)18)14-10-6-4-8-12(14)2/h3-10H,1-2H3,(H2,16,18). The van der Waals surface area contributed by atoms with Gasteiger partial charge in [0.05, 0.1) is 11.4 Å². The molecule has 0 fully saturated rings. The van der Waals surface area contributed by atoms with Gasteiger partial charge < -0.3 is 5.73 Å². The molecule has 0 saturated heterocycles. The van der Waals surface area contributed by atoms with Crippen LogP contribution in [0, 0.1) is 13.8 Å². The fourth-order valence-corrected chi connectivity index (χ4v) is 2.19. The Labute approximate surface area is 113 Å². The molecule has 2 N–H and O–H groups in total. The van der Waals surface area contributed by atoms with Gasteiger partial charge in [-0.15, -0.1) is 0 Å². The van der Waals surface area contributed by atoms with Gasteiger partial charge in [-0.2, -0.15) is 0 Å². The molecule has 0 bridgehead atoms. The van der Waals surface area contributed by atoms with E-state index in [2.05, 4.69) is 26.0 Å². The summed E-state index contributed by atoms with van der Waals surface area (Å²) in [7, 11) is 0. The minimum Gasteiger partial charge on any atom is -0.376 e. The third kappa shape index (κ3) is 2.36. The van der Waals surface area contributed by atoms with Crippen LogP contribution < -0.4 is 10.6 Å². The molecule has 2 nitrogen and oxygen atoms in total.